The Morgan fingerprint density at radius 1 is 1.14 bits per heavy atom. The molecular formula is C18H21N3. The molecule has 3 nitrogen and oxygen atoms in total. The van der Waals surface area contributed by atoms with Crippen LogP contribution in [0, 0.1) is 6.92 Å². The standard InChI is InChI=1S/C18H21N3/c1-13-16(12-21(3)20-13)11-19-14(2)17-10-6-8-15-7-4-5-9-18(15)17/h4-10,12,14,19H,11H2,1-3H3. The largest absolute Gasteiger partial charge is 0.306 e. The van der Waals surface area contributed by atoms with Gasteiger partial charge in [0.15, 0.2) is 0 Å². The first-order valence-corrected chi connectivity index (χ1v) is 7.35. The fraction of sp³-hybridized carbons (Fsp3) is 0.278. The van der Waals surface area contributed by atoms with Crippen LogP contribution < -0.4 is 5.32 Å². The number of aromatic nitrogens is 2. The molecule has 0 aliphatic rings. The molecule has 1 aromatic heterocycles. The van der Waals surface area contributed by atoms with Crippen molar-refractivity contribution in [2.24, 2.45) is 7.05 Å². The Hall–Kier alpha value is -2.13. The second kappa shape index (κ2) is 5.70. The van der Waals surface area contributed by atoms with Gasteiger partial charge >= 0.3 is 0 Å². The fourth-order valence-corrected chi connectivity index (χ4v) is 2.82. The first-order chi connectivity index (χ1) is 10.1. The normalized spacial score (nSPS) is 12.7. The van der Waals surface area contributed by atoms with Crippen LogP contribution in [0.2, 0.25) is 0 Å². The van der Waals surface area contributed by atoms with Crippen molar-refractivity contribution >= 4 is 10.8 Å². The summed E-state index contributed by atoms with van der Waals surface area (Å²) in [7, 11) is 1.96. The summed E-state index contributed by atoms with van der Waals surface area (Å²) in [6.07, 6.45) is 2.08. The summed E-state index contributed by atoms with van der Waals surface area (Å²) >= 11 is 0. The van der Waals surface area contributed by atoms with Gasteiger partial charge in [-0.3, -0.25) is 4.68 Å². The maximum Gasteiger partial charge on any atom is 0.0638 e. The predicted octanol–water partition coefficient (Wildman–Crippen LogP) is 3.73. The van der Waals surface area contributed by atoms with E-state index in [1.807, 2.05) is 11.7 Å². The smallest absolute Gasteiger partial charge is 0.0638 e. The Balaban J connectivity index is 1.81. The molecule has 3 heteroatoms. The summed E-state index contributed by atoms with van der Waals surface area (Å²) in [5.74, 6) is 0. The van der Waals surface area contributed by atoms with Gasteiger partial charge in [-0.05, 0) is 30.2 Å². The summed E-state index contributed by atoms with van der Waals surface area (Å²) in [6, 6.07) is 15.3. The third-order valence-corrected chi connectivity index (χ3v) is 4.00. The number of benzene rings is 2. The molecule has 0 radical (unpaired) electrons. The van der Waals surface area contributed by atoms with E-state index in [0.717, 1.165) is 12.2 Å². The molecule has 1 heterocycles. The summed E-state index contributed by atoms with van der Waals surface area (Å²) in [5, 5.41) is 10.6. The molecule has 1 atom stereocenters. The molecule has 0 saturated carbocycles. The van der Waals surface area contributed by atoms with Crippen LogP contribution in [0.5, 0.6) is 0 Å². The van der Waals surface area contributed by atoms with Crippen molar-refractivity contribution in [3.8, 4) is 0 Å². The third kappa shape index (κ3) is 2.83. The molecule has 0 aliphatic carbocycles. The van der Waals surface area contributed by atoms with E-state index in [1.165, 1.54) is 21.9 Å². The molecule has 0 bridgehead atoms. The maximum absolute atomic E-state index is 4.39. The van der Waals surface area contributed by atoms with Gasteiger partial charge in [0.05, 0.1) is 5.69 Å². The number of fused-ring (bicyclic) bond motifs is 1. The fourth-order valence-electron chi connectivity index (χ4n) is 2.82. The van der Waals surface area contributed by atoms with Crippen LogP contribution in [0.4, 0.5) is 0 Å². The Bertz CT molecular complexity index is 753. The molecule has 108 valence electrons. The molecule has 0 saturated heterocycles. The monoisotopic (exact) mass is 279 g/mol. The second-order valence-electron chi connectivity index (χ2n) is 5.58. The van der Waals surface area contributed by atoms with Gasteiger partial charge < -0.3 is 5.32 Å². The van der Waals surface area contributed by atoms with Crippen molar-refractivity contribution in [1.82, 2.24) is 15.1 Å². The van der Waals surface area contributed by atoms with Crippen molar-refractivity contribution in [1.29, 1.82) is 0 Å². The topological polar surface area (TPSA) is 29.9 Å². The SMILES string of the molecule is Cc1nn(C)cc1CNC(C)c1cccc2ccccc12. The van der Waals surface area contributed by atoms with Crippen LogP contribution in [-0.2, 0) is 13.6 Å². The van der Waals surface area contributed by atoms with Crippen LogP contribution >= 0.6 is 0 Å². The lowest BCUT2D eigenvalue weighted by atomic mass is 9.99. The Kier molecular flexibility index (Phi) is 3.76. The summed E-state index contributed by atoms with van der Waals surface area (Å²) < 4.78 is 1.87. The van der Waals surface area contributed by atoms with Gasteiger partial charge in [0, 0.05) is 31.4 Å². The average molecular weight is 279 g/mol. The first-order valence-electron chi connectivity index (χ1n) is 7.35. The zero-order chi connectivity index (χ0) is 14.8. The van der Waals surface area contributed by atoms with Crippen molar-refractivity contribution in [3.63, 3.8) is 0 Å². The highest BCUT2D eigenvalue weighted by atomic mass is 15.2. The molecule has 21 heavy (non-hydrogen) atoms. The quantitative estimate of drug-likeness (QED) is 0.788. The Labute approximate surface area is 125 Å². The minimum Gasteiger partial charge on any atom is -0.306 e. The molecule has 0 aliphatic heterocycles. The van der Waals surface area contributed by atoms with E-state index in [1.54, 1.807) is 0 Å². The minimum absolute atomic E-state index is 0.302. The maximum atomic E-state index is 4.39. The van der Waals surface area contributed by atoms with Gasteiger partial charge in [-0.15, -0.1) is 0 Å². The second-order valence-corrected chi connectivity index (χ2v) is 5.58. The molecule has 0 spiro atoms. The van der Waals surface area contributed by atoms with Crippen LogP contribution in [0.3, 0.4) is 0 Å². The van der Waals surface area contributed by atoms with Crippen molar-refractivity contribution < 1.29 is 0 Å². The van der Waals surface area contributed by atoms with E-state index >= 15 is 0 Å². The molecule has 3 rings (SSSR count). The van der Waals surface area contributed by atoms with Gasteiger partial charge in [-0.2, -0.15) is 5.10 Å². The Morgan fingerprint density at radius 2 is 1.90 bits per heavy atom. The van der Waals surface area contributed by atoms with Crippen LogP contribution in [0.25, 0.3) is 10.8 Å². The number of rotatable bonds is 4. The van der Waals surface area contributed by atoms with E-state index < -0.39 is 0 Å². The lowest BCUT2D eigenvalue weighted by Gasteiger charge is -2.16. The number of nitrogens with one attached hydrogen (secondary N) is 1. The highest BCUT2D eigenvalue weighted by molar-refractivity contribution is 5.86. The van der Waals surface area contributed by atoms with Gasteiger partial charge in [-0.1, -0.05) is 42.5 Å². The Morgan fingerprint density at radius 3 is 2.67 bits per heavy atom. The molecule has 0 amide bonds. The molecule has 2 aromatic carbocycles. The number of nitrogens with zero attached hydrogens (tertiary/aromatic N) is 2. The molecular weight excluding hydrogens is 258 g/mol. The third-order valence-electron chi connectivity index (χ3n) is 4.00. The van der Waals surface area contributed by atoms with Crippen LogP contribution in [0.1, 0.15) is 29.8 Å². The van der Waals surface area contributed by atoms with Crippen LogP contribution in [0.15, 0.2) is 48.7 Å². The zero-order valence-corrected chi connectivity index (χ0v) is 12.8. The summed E-state index contributed by atoms with van der Waals surface area (Å²) in [6.45, 7) is 5.11. The van der Waals surface area contributed by atoms with E-state index in [-0.39, 0.29) is 0 Å². The van der Waals surface area contributed by atoms with Crippen LogP contribution in [-0.4, -0.2) is 9.78 Å². The molecule has 3 aromatic rings. The zero-order valence-electron chi connectivity index (χ0n) is 12.8. The van der Waals surface area contributed by atoms with Crippen molar-refractivity contribution in [3.05, 3.63) is 65.5 Å². The van der Waals surface area contributed by atoms with E-state index in [9.17, 15) is 0 Å². The minimum atomic E-state index is 0.302. The number of hydrogen-bond acceptors (Lipinski definition) is 2. The predicted molar refractivity (Wildman–Crippen MR) is 87.1 cm³/mol. The van der Waals surface area contributed by atoms with Gasteiger partial charge in [-0.25, -0.2) is 0 Å². The van der Waals surface area contributed by atoms with Gasteiger partial charge in [0.1, 0.15) is 0 Å². The first kappa shape index (κ1) is 13.8. The molecule has 1 N–H and O–H groups in total. The van der Waals surface area contributed by atoms with Gasteiger partial charge in [0.25, 0.3) is 0 Å². The van der Waals surface area contributed by atoms with Crippen molar-refractivity contribution in [2.75, 3.05) is 0 Å². The number of aryl methyl sites for hydroxylation is 2. The van der Waals surface area contributed by atoms with E-state index in [0.29, 0.717) is 6.04 Å². The highest BCUT2D eigenvalue weighted by Gasteiger charge is 2.10. The van der Waals surface area contributed by atoms with E-state index in [4.69, 9.17) is 0 Å². The highest BCUT2D eigenvalue weighted by Crippen LogP contribution is 2.24. The lowest BCUT2D eigenvalue weighted by Crippen LogP contribution is -2.18. The number of hydrogen-bond donors (Lipinski definition) is 1. The lowest BCUT2D eigenvalue weighted by molar-refractivity contribution is 0.576. The van der Waals surface area contributed by atoms with E-state index in [2.05, 4.69) is 72.9 Å². The average Bonchev–Trinajstić information content (AvgIpc) is 2.82. The molecule has 1 unspecified atom stereocenters. The summed E-state index contributed by atoms with van der Waals surface area (Å²) in [5.41, 5.74) is 3.69. The van der Waals surface area contributed by atoms with Gasteiger partial charge in [0.2, 0.25) is 0 Å². The van der Waals surface area contributed by atoms with Crippen molar-refractivity contribution in [2.45, 2.75) is 26.4 Å². The summed E-state index contributed by atoms with van der Waals surface area (Å²) in [4.78, 5) is 0. The molecule has 0 fully saturated rings.